The SMILES string of the molecule is Cc1ccc(NC(=O)CN2CCC[C@H](C)C2)c(Cl)c1. The number of likely N-dealkylation sites (tertiary alicyclic amines) is 1. The first-order valence-corrected chi connectivity index (χ1v) is 7.21. The van der Waals surface area contributed by atoms with Gasteiger partial charge >= 0.3 is 0 Å². The van der Waals surface area contributed by atoms with Gasteiger partial charge in [-0.25, -0.2) is 0 Å². The maximum Gasteiger partial charge on any atom is 0.238 e. The van der Waals surface area contributed by atoms with Crippen LogP contribution in [0.25, 0.3) is 0 Å². The molecular formula is C15H21ClN2O. The van der Waals surface area contributed by atoms with Crippen LogP contribution >= 0.6 is 11.6 Å². The Morgan fingerprint density at radius 2 is 2.32 bits per heavy atom. The van der Waals surface area contributed by atoms with E-state index in [1.165, 1.54) is 12.8 Å². The van der Waals surface area contributed by atoms with Gasteiger partial charge in [0.2, 0.25) is 5.91 Å². The number of halogens is 1. The van der Waals surface area contributed by atoms with Crippen molar-refractivity contribution in [3.8, 4) is 0 Å². The largest absolute Gasteiger partial charge is 0.324 e. The van der Waals surface area contributed by atoms with Crippen LogP contribution in [0.1, 0.15) is 25.3 Å². The molecule has 1 aromatic rings. The van der Waals surface area contributed by atoms with Gasteiger partial charge in [0.25, 0.3) is 0 Å². The lowest BCUT2D eigenvalue weighted by Gasteiger charge is -2.30. The maximum absolute atomic E-state index is 12.0. The molecule has 4 heteroatoms. The molecule has 1 amide bonds. The topological polar surface area (TPSA) is 32.3 Å². The fourth-order valence-electron chi connectivity index (χ4n) is 2.54. The smallest absolute Gasteiger partial charge is 0.238 e. The van der Waals surface area contributed by atoms with Crippen molar-refractivity contribution in [2.75, 3.05) is 25.0 Å². The van der Waals surface area contributed by atoms with Gasteiger partial charge in [0, 0.05) is 6.54 Å². The van der Waals surface area contributed by atoms with Gasteiger partial charge in [0.05, 0.1) is 17.3 Å². The summed E-state index contributed by atoms with van der Waals surface area (Å²) in [5, 5.41) is 3.48. The Morgan fingerprint density at radius 3 is 3.00 bits per heavy atom. The molecule has 1 fully saturated rings. The predicted molar refractivity (Wildman–Crippen MR) is 79.7 cm³/mol. The number of aryl methyl sites for hydroxylation is 1. The number of amides is 1. The van der Waals surface area contributed by atoms with Gasteiger partial charge in [0.1, 0.15) is 0 Å². The van der Waals surface area contributed by atoms with Crippen LogP contribution in [0, 0.1) is 12.8 Å². The second-order valence-electron chi connectivity index (χ2n) is 5.51. The van der Waals surface area contributed by atoms with Gasteiger partial charge in [-0.2, -0.15) is 0 Å². The van der Waals surface area contributed by atoms with Crippen LogP contribution in [-0.4, -0.2) is 30.4 Å². The van der Waals surface area contributed by atoms with Crippen LogP contribution in [0.4, 0.5) is 5.69 Å². The van der Waals surface area contributed by atoms with E-state index in [1.54, 1.807) is 0 Å². The van der Waals surface area contributed by atoms with Gasteiger partial charge in [-0.05, 0) is 49.9 Å². The average Bonchev–Trinajstić information content (AvgIpc) is 2.33. The van der Waals surface area contributed by atoms with Crippen molar-refractivity contribution >= 4 is 23.2 Å². The molecule has 0 aliphatic carbocycles. The van der Waals surface area contributed by atoms with Crippen molar-refractivity contribution in [2.24, 2.45) is 5.92 Å². The molecule has 0 radical (unpaired) electrons. The molecule has 0 spiro atoms. The molecule has 1 heterocycles. The summed E-state index contributed by atoms with van der Waals surface area (Å²) in [6, 6.07) is 5.67. The number of nitrogens with one attached hydrogen (secondary N) is 1. The van der Waals surface area contributed by atoms with E-state index in [2.05, 4.69) is 17.1 Å². The first kappa shape index (κ1) is 14.4. The maximum atomic E-state index is 12.0. The molecule has 0 aromatic heterocycles. The fourth-order valence-corrected chi connectivity index (χ4v) is 2.83. The third kappa shape index (κ3) is 4.22. The van der Waals surface area contributed by atoms with E-state index >= 15 is 0 Å². The summed E-state index contributed by atoms with van der Waals surface area (Å²) >= 11 is 6.11. The second kappa shape index (κ2) is 6.40. The molecular weight excluding hydrogens is 260 g/mol. The van der Waals surface area contributed by atoms with E-state index in [4.69, 9.17) is 11.6 Å². The quantitative estimate of drug-likeness (QED) is 0.921. The number of nitrogens with zero attached hydrogens (tertiary/aromatic N) is 1. The molecule has 1 saturated heterocycles. The molecule has 1 aliphatic rings. The summed E-state index contributed by atoms with van der Waals surface area (Å²) < 4.78 is 0. The number of carbonyl (C=O) groups is 1. The van der Waals surface area contributed by atoms with Crippen LogP contribution in [-0.2, 0) is 4.79 Å². The molecule has 0 saturated carbocycles. The minimum Gasteiger partial charge on any atom is -0.324 e. The zero-order valence-corrected chi connectivity index (χ0v) is 12.3. The van der Waals surface area contributed by atoms with Gasteiger partial charge in [-0.3, -0.25) is 9.69 Å². The van der Waals surface area contributed by atoms with Crippen molar-refractivity contribution in [1.29, 1.82) is 0 Å². The van der Waals surface area contributed by atoms with Crippen molar-refractivity contribution < 1.29 is 4.79 Å². The predicted octanol–water partition coefficient (Wildman–Crippen LogP) is 3.32. The zero-order valence-electron chi connectivity index (χ0n) is 11.6. The highest BCUT2D eigenvalue weighted by Gasteiger charge is 2.18. The van der Waals surface area contributed by atoms with Gasteiger partial charge < -0.3 is 5.32 Å². The second-order valence-corrected chi connectivity index (χ2v) is 5.92. The fraction of sp³-hybridized carbons (Fsp3) is 0.533. The number of rotatable bonds is 3. The number of benzene rings is 1. The highest BCUT2D eigenvalue weighted by atomic mass is 35.5. The number of carbonyl (C=O) groups excluding carboxylic acids is 1. The van der Waals surface area contributed by atoms with Crippen LogP contribution in [0.5, 0.6) is 0 Å². The van der Waals surface area contributed by atoms with Gasteiger partial charge in [-0.1, -0.05) is 24.6 Å². The number of piperidine rings is 1. The molecule has 3 nitrogen and oxygen atoms in total. The third-order valence-corrected chi connectivity index (χ3v) is 3.82. The summed E-state index contributed by atoms with van der Waals surface area (Å²) in [5.41, 5.74) is 1.79. The summed E-state index contributed by atoms with van der Waals surface area (Å²) in [4.78, 5) is 14.2. The lowest BCUT2D eigenvalue weighted by atomic mass is 10.0. The molecule has 1 atom stereocenters. The molecule has 104 valence electrons. The lowest BCUT2D eigenvalue weighted by molar-refractivity contribution is -0.117. The molecule has 2 rings (SSSR count). The van der Waals surface area contributed by atoms with Crippen molar-refractivity contribution in [3.63, 3.8) is 0 Å². The zero-order chi connectivity index (χ0) is 13.8. The van der Waals surface area contributed by atoms with Crippen LogP contribution < -0.4 is 5.32 Å². The highest BCUT2D eigenvalue weighted by Crippen LogP contribution is 2.23. The van der Waals surface area contributed by atoms with E-state index in [0.29, 0.717) is 23.2 Å². The van der Waals surface area contributed by atoms with E-state index in [9.17, 15) is 4.79 Å². The van der Waals surface area contributed by atoms with Gasteiger partial charge in [0.15, 0.2) is 0 Å². The minimum absolute atomic E-state index is 0.0138. The third-order valence-electron chi connectivity index (χ3n) is 3.51. The van der Waals surface area contributed by atoms with Crippen molar-refractivity contribution in [1.82, 2.24) is 4.90 Å². The Balaban J connectivity index is 1.90. The van der Waals surface area contributed by atoms with Crippen LogP contribution in [0.3, 0.4) is 0 Å². The summed E-state index contributed by atoms with van der Waals surface area (Å²) in [7, 11) is 0. The normalized spacial score (nSPS) is 20.3. The number of hydrogen-bond acceptors (Lipinski definition) is 2. The van der Waals surface area contributed by atoms with Crippen molar-refractivity contribution in [3.05, 3.63) is 28.8 Å². The summed E-state index contributed by atoms with van der Waals surface area (Å²) in [5.74, 6) is 0.698. The van der Waals surface area contributed by atoms with Gasteiger partial charge in [-0.15, -0.1) is 0 Å². The molecule has 1 aliphatic heterocycles. The Morgan fingerprint density at radius 1 is 1.53 bits per heavy atom. The number of hydrogen-bond donors (Lipinski definition) is 1. The highest BCUT2D eigenvalue weighted by molar-refractivity contribution is 6.33. The van der Waals surface area contributed by atoms with E-state index < -0.39 is 0 Å². The summed E-state index contributed by atoms with van der Waals surface area (Å²) in [6.45, 7) is 6.69. The van der Waals surface area contributed by atoms with E-state index in [-0.39, 0.29) is 5.91 Å². The Labute approximate surface area is 119 Å². The average molecular weight is 281 g/mol. The molecule has 19 heavy (non-hydrogen) atoms. The van der Waals surface area contributed by atoms with E-state index in [1.807, 2.05) is 25.1 Å². The standard InChI is InChI=1S/C15H21ClN2O/c1-11-5-6-14(13(16)8-11)17-15(19)10-18-7-3-4-12(2)9-18/h5-6,8,12H,3-4,7,9-10H2,1-2H3,(H,17,19)/t12-/m0/s1. The first-order chi connectivity index (χ1) is 9.04. The van der Waals surface area contributed by atoms with Crippen molar-refractivity contribution in [2.45, 2.75) is 26.7 Å². The molecule has 0 bridgehead atoms. The number of anilines is 1. The minimum atomic E-state index is 0.0138. The lowest BCUT2D eigenvalue weighted by Crippen LogP contribution is -2.39. The first-order valence-electron chi connectivity index (χ1n) is 6.83. The molecule has 0 unspecified atom stereocenters. The summed E-state index contributed by atoms with van der Waals surface area (Å²) in [6.07, 6.45) is 2.45. The Kier molecular flexibility index (Phi) is 4.83. The van der Waals surface area contributed by atoms with E-state index in [0.717, 1.165) is 18.7 Å². The van der Waals surface area contributed by atoms with Crippen LogP contribution in [0.2, 0.25) is 5.02 Å². The molecule has 1 aromatic carbocycles. The Hall–Kier alpha value is -1.06. The molecule has 1 N–H and O–H groups in total. The monoisotopic (exact) mass is 280 g/mol. The van der Waals surface area contributed by atoms with Crippen LogP contribution in [0.15, 0.2) is 18.2 Å². The Bertz CT molecular complexity index is 461.